The Morgan fingerprint density at radius 3 is 2.94 bits per heavy atom. The van der Waals surface area contributed by atoms with Gasteiger partial charge >= 0.3 is 0 Å². The Hall–Kier alpha value is -1.26. The molecular formula is C12H17ClN2O2. The van der Waals surface area contributed by atoms with Crippen LogP contribution in [0.3, 0.4) is 0 Å². The van der Waals surface area contributed by atoms with E-state index >= 15 is 0 Å². The molecule has 0 atom stereocenters. The molecule has 2 N–H and O–H groups in total. The van der Waals surface area contributed by atoms with Crippen molar-refractivity contribution in [2.24, 2.45) is 0 Å². The molecule has 0 fully saturated rings. The normalized spacial score (nSPS) is 10.0. The Kier molecular flexibility index (Phi) is 6.43. The van der Waals surface area contributed by atoms with Crippen molar-refractivity contribution in [2.45, 2.75) is 6.42 Å². The molecule has 1 aromatic rings. The number of rotatable bonds is 7. The lowest BCUT2D eigenvalue weighted by molar-refractivity contribution is -0.123. The Morgan fingerprint density at radius 2 is 2.24 bits per heavy atom. The van der Waals surface area contributed by atoms with Gasteiger partial charge in [-0.1, -0.05) is 17.7 Å². The van der Waals surface area contributed by atoms with E-state index < -0.39 is 0 Å². The molecule has 0 radical (unpaired) electrons. The third-order valence-corrected chi connectivity index (χ3v) is 2.33. The Bertz CT molecular complexity index is 358. The highest BCUT2D eigenvalue weighted by atomic mass is 35.5. The second-order valence-corrected chi connectivity index (χ2v) is 3.99. The van der Waals surface area contributed by atoms with E-state index in [0.717, 1.165) is 13.0 Å². The minimum Gasteiger partial charge on any atom is -0.484 e. The number of ether oxygens (including phenoxy) is 1. The van der Waals surface area contributed by atoms with E-state index in [1.807, 2.05) is 7.05 Å². The topological polar surface area (TPSA) is 50.4 Å². The number of carbonyl (C=O) groups excluding carboxylic acids is 1. The first-order valence-electron chi connectivity index (χ1n) is 5.52. The number of carbonyl (C=O) groups is 1. The molecule has 1 aromatic carbocycles. The smallest absolute Gasteiger partial charge is 0.257 e. The predicted octanol–water partition coefficient (Wildman–Crippen LogP) is 1.44. The zero-order valence-corrected chi connectivity index (χ0v) is 10.6. The molecule has 0 saturated heterocycles. The van der Waals surface area contributed by atoms with E-state index in [2.05, 4.69) is 10.6 Å². The largest absolute Gasteiger partial charge is 0.484 e. The van der Waals surface area contributed by atoms with Crippen LogP contribution < -0.4 is 15.4 Å². The highest BCUT2D eigenvalue weighted by Gasteiger charge is 2.02. The fourth-order valence-electron chi connectivity index (χ4n) is 1.25. The zero-order valence-electron chi connectivity index (χ0n) is 9.83. The minimum absolute atomic E-state index is 0.0138. The monoisotopic (exact) mass is 256 g/mol. The van der Waals surface area contributed by atoms with Gasteiger partial charge in [-0.3, -0.25) is 4.79 Å². The Balaban J connectivity index is 2.19. The van der Waals surface area contributed by atoms with Crippen LogP contribution in [-0.2, 0) is 4.79 Å². The van der Waals surface area contributed by atoms with Gasteiger partial charge in [0, 0.05) is 11.6 Å². The van der Waals surface area contributed by atoms with E-state index in [1.54, 1.807) is 24.3 Å². The number of hydrogen-bond acceptors (Lipinski definition) is 3. The van der Waals surface area contributed by atoms with Gasteiger partial charge in [0.15, 0.2) is 6.61 Å². The van der Waals surface area contributed by atoms with Crippen molar-refractivity contribution < 1.29 is 9.53 Å². The molecule has 0 aliphatic rings. The van der Waals surface area contributed by atoms with E-state index in [-0.39, 0.29) is 12.5 Å². The van der Waals surface area contributed by atoms with Crippen molar-refractivity contribution in [1.82, 2.24) is 10.6 Å². The van der Waals surface area contributed by atoms with Gasteiger partial charge in [0.25, 0.3) is 5.91 Å². The molecule has 0 heterocycles. The predicted molar refractivity (Wildman–Crippen MR) is 68.5 cm³/mol. The average Bonchev–Trinajstić information content (AvgIpc) is 2.32. The first-order chi connectivity index (χ1) is 8.22. The minimum atomic E-state index is -0.124. The summed E-state index contributed by atoms with van der Waals surface area (Å²) in [4.78, 5) is 11.4. The zero-order chi connectivity index (χ0) is 12.5. The summed E-state index contributed by atoms with van der Waals surface area (Å²) in [5.41, 5.74) is 0. The van der Waals surface area contributed by atoms with E-state index in [0.29, 0.717) is 17.3 Å². The summed E-state index contributed by atoms with van der Waals surface area (Å²) in [5, 5.41) is 6.37. The highest BCUT2D eigenvalue weighted by Crippen LogP contribution is 2.16. The molecule has 0 bridgehead atoms. The van der Waals surface area contributed by atoms with Crippen LogP contribution in [0.25, 0.3) is 0 Å². The van der Waals surface area contributed by atoms with E-state index in [9.17, 15) is 4.79 Å². The van der Waals surface area contributed by atoms with Crippen molar-refractivity contribution in [3.8, 4) is 5.75 Å². The molecule has 0 saturated carbocycles. The molecule has 4 nitrogen and oxygen atoms in total. The van der Waals surface area contributed by atoms with E-state index in [1.165, 1.54) is 0 Å². The summed E-state index contributed by atoms with van der Waals surface area (Å²) in [5.74, 6) is 0.476. The molecule has 17 heavy (non-hydrogen) atoms. The van der Waals surface area contributed by atoms with Crippen molar-refractivity contribution in [2.75, 3.05) is 26.7 Å². The lowest BCUT2D eigenvalue weighted by Gasteiger charge is -2.07. The first-order valence-corrected chi connectivity index (χ1v) is 5.90. The third kappa shape index (κ3) is 6.14. The maximum absolute atomic E-state index is 11.4. The number of halogens is 1. The molecule has 1 rings (SSSR count). The number of hydrogen-bond donors (Lipinski definition) is 2. The summed E-state index contributed by atoms with van der Waals surface area (Å²) in [6.07, 6.45) is 0.902. The highest BCUT2D eigenvalue weighted by molar-refractivity contribution is 6.30. The van der Waals surface area contributed by atoms with Crippen LogP contribution in [0, 0.1) is 0 Å². The van der Waals surface area contributed by atoms with Gasteiger partial charge in [0.05, 0.1) is 0 Å². The van der Waals surface area contributed by atoms with Gasteiger partial charge in [-0.25, -0.2) is 0 Å². The van der Waals surface area contributed by atoms with Gasteiger partial charge in [0.2, 0.25) is 0 Å². The van der Waals surface area contributed by atoms with Gasteiger partial charge < -0.3 is 15.4 Å². The first kappa shape index (κ1) is 13.8. The van der Waals surface area contributed by atoms with Gasteiger partial charge in [-0.2, -0.15) is 0 Å². The van der Waals surface area contributed by atoms with Crippen molar-refractivity contribution >= 4 is 17.5 Å². The number of nitrogens with one attached hydrogen (secondary N) is 2. The molecule has 94 valence electrons. The molecule has 0 aliphatic carbocycles. The van der Waals surface area contributed by atoms with Gasteiger partial charge in [0.1, 0.15) is 5.75 Å². The van der Waals surface area contributed by atoms with Crippen LogP contribution in [0.4, 0.5) is 0 Å². The summed E-state index contributed by atoms with van der Waals surface area (Å²) in [6.45, 7) is 1.55. The average molecular weight is 257 g/mol. The summed E-state index contributed by atoms with van der Waals surface area (Å²) < 4.78 is 5.29. The molecule has 1 amide bonds. The summed E-state index contributed by atoms with van der Waals surface area (Å²) in [7, 11) is 1.88. The fraction of sp³-hybridized carbons (Fsp3) is 0.417. The molecule has 0 spiro atoms. The molecule has 5 heteroatoms. The van der Waals surface area contributed by atoms with Crippen LogP contribution >= 0.6 is 11.6 Å². The van der Waals surface area contributed by atoms with Crippen molar-refractivity contribution in [3.63, 3.8) is 0 Å². The SMILES string of the molecule is CNCCCNC(=O)COc1cccc(Cl)c1. The quantitative estimate of drug-likeness (QED) is 0.726. The molecule has 0 aromatic heterocycles. The summed E-state index contributed by atoms with van der Waals surface area (Å²) in [6, 6.07) is 6.98. The maximum atomic E-state index is 11.4. The Labute approximate surface area is 106 Å². The van der Waals surface area contributed by atoms with Gasteiger partial charge in [-0.15, -0.1) is 0 Å². The van der Waals surface area contributed by atoms with Crippen LogP contribution in [0.1, 0.15) is 6.42 Å². The molecule has 0 aliphatic heterocycles. The second kappa shape index (κ2) is 7.92. The third-order valence-electron chi connectivity index (χ3n) is 2.09. The van der Waals surface area contributed by atoms with Gasteiger partial charge in [-0.05, 0) is 38.2 Å². The van der Waals surface area contributed by atoms with Crippen LogP contribution in [-0.4, -0.2) is 32.7 Å². The lowest BCUT2D eigenvalue weighted by atomic mass is 10.3. The molecule has 0 unspecified atom stereocenters. The standard InChI is InChI=1S/C12H17ClN2O2/c1-14-6-3-7-15-12(16)9-17-11-5-2-4-10(13)8-11/h2,4-5,8,14H,3,6-7,9H2,1H3,(H,15,16). The fourth-order valence-corrected chi connectivity index (χ4v) is 1.43. The van der Waals surface area contributed by atoms with Crippen LogP contribution in [0.2, 0.25) is 5.02 Å². The number of amides is 1. The Morgan fingerprint density at radius 1 is 1.41 bits per heavy atom. The van der Waals surface area contributed by atoms with Crippen LogP contribution in [0.15, 0.2) is 24.3 Å². The number of benzene rings is 1. The maximum Gasteiger partial charge on any atom is 0.257 e. The summed E-state index contributed by atoms with van der Waals surface area (Å²) >= 11 is 5.79. The second-order valence-electron chi connectivity index (χ2n) is 3.55. The van der Waals surface area contributed by atoms with E-state index in [4.69, 9.17) is 16.3 Å². The van der Waals surface area contributed by atoms with Crippen molar-refractivity contribution in [3.05, 3.63) is 29.3 Å². The van der Waals surface area contributed by atoms with Crippen LogP contribution in [0.5, 0.6) is 5.75 Å². The molecular weight excluding hydrogens is 240 g/mol. The van der Waals surface area contributed by atoms with Crippen molar-refractivity contribution in [1.29, 1.82) is 0 Å². The lowest BCUT2D eigenvalue weighted by Crippen LogP contribution is -2.30.